The van der Waals surface area contributed by atoms with Crippen LogP contribution in [0.1, 0.15) is 22.6 Å². The Hall–Kier alpha value is -5.11. The summed E-state index contributed by atoms with van der Waals surface area (Å²) in [6, 6.07) is 14.2. The molecule has 4 aromatic rings. The van der Waals surface area contributed by atoms with E-state index in [4.69, 9.17) is 13.9 Å². The molecule has 0 saturated carbocycles. The first-order valence-electron chi connectivity index (χ1n) is 11.0. The number of ether oxygens (including phenoxy) is 2. The molecule has 0 spiro atoms. The van der Waals surface area contributed by atoms with Crippen molar-refractivity contribution in [2.75, 3.05) is 7.11 Å². The summed E-state index contributed by atoms with van der Waals surface area (Å²) < 4.78 is 56.2. The van der Waals surface area contributed by atoms with Crippen molar-refractivity contribution < 1.29 is 32.0 Å². The number of nitrogens with zero attached hydrogens (tertiary/aromatic N) is 3. The van der Waals surface area contributed by atoms with Crippen LogP contribution in [0.25, 0.3) is 22.7 Å². The molecule has 0 atom stereocenters. The smallest absolute Gasteiger partial charge is 0.416 e. The molecule has 1 heterocycles. The lowest BCUT2D eigenvalue weighted by Crippen LogP contribution is -2.06. The van der Waals surface area contributed by atoms with Gasteiger partial charge >= 0.3 is 11.9 Å². The average Bonchev–Trinajstić information content (AvgIpc) is 3.32. The van der Waals surface area contributed by atoms with Crippen molar-refractivity contribution in [2.24, 2.45) is 0 Å². The average molecular weight is 521 g/mol. The maximum atomic E-state index is 13.1. The summed E-state index contributed by atoms with van der Waals surface area (Å²) >= 11 is 0. The van der Waals surface area contributed by atoms with Crippen LogP contribution in [0.3, 0.4) is 0 Å². The fourth-order valence-corrected chi connectivity index (χ4v) is 3.67. The number of oxazole rings is 1. The highest BCUT2D eigenvalue weighted by Gasteiger charge is 2.33. The van der Waals surface area contributed by atoms with Crippen molar-refractivity contribution >= 4 is 28.4 Å². The molecule has 0 fully saturated rings. The molecule has 0 radical (unpaired) electrons. The zero-order chi connectivity index (χ0) is 27.4. The van der Waals surface area contributed by atoms with Crippen LogP contribution in [0, 0.1) is 21.4 Å². The van der Waals surface area contributed by atoms with Crippen LogP contribution in [0.5, 0.6) is 17.2 Å². The molecule has 0 bridgehead atoms. The van der Waals surface area contributed by atoms with E-state index in [1.165, 1.54) is 19.3 Å². The van der Waals surface area contributed by atoms with Gasteiger partial charge in [0.15, 0.2) is 17.1 Å². The highest BCUT2D eigenvalue weighted by atomic mass is 19.4. The first-order valence-corrected chi connectivity index (χ1v) is 11.0. The Labute approximate surface area is 214 Å². The van der Waals surface area contributed by atoms with Crippen LogP contribution >= 0.6 is 0 Å². The monoisotopic (exact) mass is 521 g/mol. The van der Waals surface area contributed by atoms with E-state index in [1.807, 2.05) is 0 Å². The van der Waals surface area contributed by atoms with E-state index >= 15 is 0 Å². The molecule has 0 amide bonds. The minimum absolute atomic E-state index is 0.0489. The van der Waals surface area contributed by atoms with Crippen LogP contribution in [-0.2, 0) is 12.6 Å². The van der Waals surface area contributed by atoms with E-state index in [0.29, 0.717) is 34.4 Å². The lowest BCUT2D eigenvalue weighted by Gasteiger charge is -2.16. The molecule has 1 aromatic heterocycles. The molecule has 0 aliphatic rings. The number of allylic oxidation sites excluding steroid dienone is 2. The third-order valence-electron chi connectivity index (χ3n) is 5.39. The van der Waals surface area contributed by atoms with Crippen LogP contribution < -0.4 is 9.47 Å². The van der Waals surface area contributed by atoms with E-state index in [2.05, 4.69) is 17.6 Å². The van der Waals surface area contributed by atoms with Gasteiger partial charge in [0.2, 0.25) is 11.6 Å². The molecule has 0 aliphatic carbocycles. The molecular formula is C27H18F3N3O5. The first kappa shape index (κ1) is 26.0. The SMILES string of the molecule is C=CCc1cc(/C=C(\C#N)c2nc3ccccc3o2)cc(OC)c1Oc1ccc(C(F)(F)F)cc1[N+](=O)[O-]. The Morgan fingerprint density at radius 3 is 2.61 bits per heavy atom. The number of aromatic nitrogens is 1. The second-order valence-corrected chi connectivity index (χ2v) is 7.90. The Morgan fingerprint density at radius 1 is 1.21 bits per heavy atom. The number of nitro benzene ring substituents is 1. The number of nitro groups is 1. The Kier molecular flexibility index (Phi) is 7.16. The quantitative estimate of drug-likeness (QED) is 0.103. The van der Waals surface area contributed by atoms with Gasteiger partial charge in [0.05, 0.1) is 17.6 Å². The van der Waals surface area contributed by atoms with Crippen molar-refractivity contribution in [3.05, 3.63) is 99.9 Å². The van der Waals surface area contributed by atoms with Crippen LogP contribution in [0.4, 0.5) is 18.9 Å². The summed E-state index contributed by atoms with van der Waals surface area (Å²) in [4.78, 5) is 14.9. The Morgan fingerprint density at radius 2 is 1.97 bits per heavy atom. The maximum absolute atomic E-state index is 13.1. The molecule has 0 aliphatic heterocycles. The molecule has 4 rings (SSSR count). The molecular weight excluding hydrogens is 503 g/mol. The number of para-hydroxylation sites is 2. The van der Waals surface area contributed by atoms with E-state index < -0.39 is 28.1 Å². The minimum Gasteiger partial charge on any atom is -0.493 e. The highest BCUT2D eigenvalue weighted by molar-refractivity contribution is 5.89. The number of halogens is 3. The van der Waals surface area contributed by atoms with E-state index in [1.54, 1.807) is 36.4 Å². The normalized spacial score (nSPS) is 11.7. The number of hydrogen-bond donors (Lipinski definition) is 0. The van der Waals surface area contributed by atoms with Gasteiger partial charge in [-0.3, -0.25) is 10.1 Å². The van der Waals surface area contributed by atoms with Gasteiger partial charge in [-0.25, -0.2) is 4.98 Å². The summed E-state index contributed by atoms with van der Waals surface area (Å²) in [5, 5.41) is 21.3. The zero-order valence-electron chi connectivity index (χ0n) is 19.8. The van der Waals surface area contributed by atoms with Crippen molar-refractivity contribution in [1.29, 1.82) is 5.26 Å². The summed E-state index contributed by atoms with van der Waals surface area (Å²) in [6.45, 7) is 3.70. The standard InChI is InChI=1S/C27H18F3N3O5/c1-3-6-17-11-16(12-18(15-31)26-32-20-7-4-5-8-22(20)38-26)13-24(36-2)25(17)37-23-10-9-19(27(28,29)30)14-21(23)33(34)35/h3-5,7-14H,1,6H2,2H3/b18-12+. The summed E-state index contributed by atoms with van der Waals surface area (Å²) in [5.74, 6) is -0.120. The third-order valence-corrected chi connectivity index (χ3v) is 5.39. The number of nitriles is 1. The zero-order valence-corrected chi connectivity index (χ0v) is 19.8. The number of alkyl halides is 3. The molecule has 0 saturated heterocycles. The third kappa shape index (κ3) is 5.34. The van der Waals surface area contributed by atoms with Crippen molar-refractivity contribution in [3.8, 4) is 23.3 Å². The molecule has 38 heavy (non-hydrogen) atoms. The van der Waals surface area contributed by atoms with Crippen LogP contribution in [0.15, 0.2) is 71.7 Å². The molecule has 0 N–H and O–H groups in total. The van der Waals surface area contributed by atoms with Gasteiger partial charge in [-0.15, -0.1) is 6.58 Å². The van der Waals surface area contributed by atoms with Gasteiger partial charge in [-0.05, 0) is 54.5 Å². The Bertz CT molecular complexity index is 1580. The minimum atomic E-state index is -4.77. The fourth-order valence-electron chi connectivity index (χ4n) is 3.67. The summed E-state index contributed by atoms with van der Waals surface area (Å²) in [5.41, 5.74) is 0.115. The van der Waals surface area contributed by atoms with Crippen molar-refractivity contribution in [2.45, 2.75) is 12.6 Å². The van der Waals surface area contributed by atoms with Gasteiger partial charge in [0, 0.05) is 11.6 Å². The summed E-state index contributed by atoms with van der Waals surface area (Å²) in [6.07, 6.45) is -1.49. The van der Waals surface area contributed by atoms with Gasteiger partial charge < -0.3 is 13.9 Å². The predicted molar refractivity (Wildman–Crippen MR) is 133 cm³/mol. The molecule has 11 heteroatoms. The number of hydrogen-bond acceptors (Lipinski definition) is 7. The lowest BCUT2D eigenvalue weighted by molar-refractivity contribution is -0.385. The number of rotatable bonds is 8. The molecule has 3 aromatic carbocycles. The first-order chi connectivity index (χ1) is 18.1. The predicted octanol–water partition coefficient (Wildman–Crippen LogP) is 7.35. The largest absolute Gasteiger partial charge is 0.493 e. The van der Waals surface area contributed by atoms with Crippen LogP contribution in [-0.4, -0.2) is 17.0 Å². The lowest BCUT2D eigenvalue weighted by atomic mass is 10.0. The van der Waals surface area contributed by atoms with Crippen LogP contribution in [0.2, 0.25) is 0 Å². The number of methoxy groups -OCH3 is 1. The van der Waals surface area contributed by atoms with Gasteiger partial charge in [-0.2, -0.15) is 18.4 Å². The molecule has 8 nitrogen and oxygen atoms in total. The van der Waals surface area contributed by atoms with E-state index in [-0.39, 0.29) is 29.4 Å². The van der Waals surface area contributed by atoms with E-state index in [9.17, 15) is 28.5 Å². The second kappa shape index (κ2) is 10.5. The molecule has 0 unspecified atom stereocenters. The van der Waals surface area contributed by atoms with Crippen molar-refractivity contribution in [1.82, 2.24) is 4.98 Å². The van der Waals surface area contributed by atoms with Gasteiger partial charge in [-0.1, -0.05) is 18.2 Å². The number of benzene rings is 3. The van der Waals surface area contributed by atoms with Gasteiger partial charge in [0.25, 0.3) is 0 Å². The fraction of sp³-hybridized carbons (Fsp3) is 0.111. The van der Waals surface area contributed by atoms with Crippen molar-refractivity contribution in [3.63, 3.8) is 0 Å². The Balaban J connectivity index is 1.79. The summed E-state index contributed by atoms with van der Waals surface area (Å²) in [7, 11) is 1.33. The topological polar surface area (TPSA) is 111 Å². The van der Waals surface area contributed by atoms with Gasteiger partial charge in [0.1, 0.15) is 17.2 Å². The highest BCUT2D eigenvalue weighted by Crippen LogP contribution is 2.42. The maximum Gasteiger partial charge on any atom is 0.416 e. The number of fused-ring (bicyclic) bond motifs is 1. The second-order valence-electron chi connectivity index (χ2n) is 7.90. The molecule has 192 valence electrons. The van der Waals surface area contributed by atoms with E-state index in [0.717, 1.165) is 6.07 Å².